The van der Waals surface area contributed by atoms with E-state index in [0.717, 1.165) is 29.8 Å². The molecule has 0 fully saturated rings. The maximum Gasteiger partial charge on any atom is 0.0840 e. The van der Waals surface area contributed by atoms with Crippen molar-refractivity contribution in [2.45, 2.75) is 53.7 Å². The van der Waals surface area contributed by atoms with Crippen LogP contribution in [0.4, 0.5) is 0 Å². The zero-order valence-corrected chi connectivity index (χ0v) is 16.9. The fourth-order valence-corrected chi connectivity index (χ4v) is 2.31. The Hall–Kier alpha value is -1.82. The van der Waals surface area contributed by atoms with E-state index in [1.165, 1.54) is 5.56 Å². The molecule has 1 aromatic rings. The lowest BCUT2D eigenvalue weighted by molar-refractivity contribution is 0.0784. The van der Waals surface area contributed by atoms with Crippen LogP contribution in [0.2, 0.25) is 0 Å². The van der Waals surface area contributed by atoms with Gasteiger partial charge in [0.1, 0.15) is 0 Å². The predicted octanol–water partition coefficient (Wildman–Crippen LogP) is 4.98. The molecule has 1 N–H and O–H groups in total. The van der Waals surface area contributed by atoms with Gasteiger partial charge in [-0.05, 0) is 77.4 Å². The Balaban J connectivity index is 2.84. The summed E-state index contributed by atoms with van der Waals surface area (Å²) in [5.41, 5.74) is 3.35. The number of hydrogen-bond acceptors (Lipinski definition) is 2. The minimum absolute atomic E-state index is 0.0345. The molecule has 0 atom stereocenters. The first-order chi connectivity index (χ1) is 11.4. The van der Waals surface area contributed by atoms with Gasteiger partial charge in [0.2, 0.25) is 0 Å². The molecule has 0 aliphatic rings. The van der Waals surface area contributed by atoms with Gasteiger partial charge in [0.25, 0.3) is 0 Å². The number of benzene rings is 1. The average molecular weight is 340 g/mol. The van der Waals surface area contributed by atoms with Crippen molar-refractivity contribution in [2.75, 3.05) is 13.6 Å². The molecule has 0 aliphatic heterocycles. The lowest BCUT2D eigenvalue weighted by Gasteiger charge is -2.22. The van der Waals surface area contributed by atoms with Crippen LogP contribution in [0, 0.1) is 17.3 Å². The lowest BCUT2D eigenvalue weighted by atomic mass is 9.92. The zero-order chi connectivity index (χ0) is 19.3. The molecule has 136 valence electrons. The predicted molar refractivity (Wildman–Crippen MR) is 109 cm³/mol. The standard InChI is InChI=1S/C23H33NO/c1-18(2)20-14-19(15-21(16-20)23(6,7)25)17-24(8)13-11-9-10-12-22(3,4)5/h9,11,14-16,25H,1,13,17H2,2-8H3/b11-9+. The van der Waals surface area contributed by atoms with E-state index < -0.39 is 5.60 Å². The topological polar surface area (TPSA) is 23.5 Å². The summed E-state index contributed by atoms with van der Waals surface area (Å²) >= 11 is 0. The highest BCUT2D eigenvalue weighted by molar-refractivity contribution is 5.63. The Bertz CT molecular complexity index is 688. The van der Waals surface area contributed by atoms with Crippen molar-refractivity contribution in [3.8, 4) is 11.8 Å². The van der Waals surface area contributed by atoms with E-state index in [1.54, 1.807) is 0 Å². The molecule has 0 amide bonds. The number of nitrogens with zero attached hydrogens (tertiary/aromatic N) is 1. The minimum Gasteiger partial charge on any atom is -0.386 e. The van der Waals surface area contributed by atoms with Crippen molar-refractivity contribution in [3.05, 3.63) is 53.6 Å². The van der Waals surface area contributed by atoms with Crippen LogP contribution in [0.25, 0.3) is 5.57 Å². The fourth-order valence-electron chi connectivity index (χ4n) is 2.31. The second-order valence-electron chi connectivity index (χ2n) is 8.38. The molecule has 2 nitrogen and oxygen atoms in total. The van der Waals surface area contributed by atoms with Crippen LogP contribution < -0.4 is 0 Å². The first-order valence-electron chi connectivity index (χ1n) is 8.77. The van der Waals surface area contributed by atoms with E-state index in [9.17, 15) is 5.11 Å². The third-order valence-corrected chi connectivity index (χ3v) is 3.71. The number of allylic oxidation sites excluding steroid dienone is 2. The Morgan fingerprint density at radius 2 is 1.84 bits per heavy atom. The van der Waals surface area contributed by atoms with Crippen LogP contribution in [-0.4, -0.2) is 23.6 Å². The van der Waals surface area contributed by atoms with Crippen LogP contribution in [0.15, 0.2) is 36.9 Å². The number of likely N-dealkylation sites (N-methyl/N-ethyl adjacent to an activating group) is 1. The van der Waals surface area contributed by atoms with E-state index in [1.807, 2.05) is 32.9 Å². The summed E-state index contributed by atoms with van der Waals surface area (Å²) in [5.74, 6) is 6.29. The summed E-state index contributed by atoms with van der Waals surface area (Å²) < 4.78 is 0. The lowest BCUT2D eigenvalue weighted by Crippen LogP contribution is -2.20. The highest BCUT2D eigenvalue weighted by Crippen LogP contribution is 2.25. The smallest absolute Gasteiger partial charge is 0.0840 e. The molecule has 1 aromatic carbocycles. The minimum atomic E-state index is -0.860. The summed E-state index contributed by atoms with van der Waals surface area (Å²) in [6.45, 7) is 17.6. The molecule has 25 heavy (non-hydrogen) atoms. The summed E-state index contributed by atoms with van der Waals surface area (Å²) in [6.07, 6.45) is 4.01. The summed E-state index contributed by atoms with van der Waals surface area (Å²) in [4.78, 5) is 2.22. The van der Waals surface area contributed by atoms with Crippen LogP contribution in [-0.2, 0) is 12.1 Å². The highest BCUT2D eigenvalue weighted by atomic mass is 16.3. The van der Waals surface area contributed by atoms with Gasteiger partial charge in [0, 0.05) is 18.5 Å². The molecule has 0 spiro atoms. The molecule has 0 unspecified atom stereocenters. The van der Waals surface area contributed by atoms with Gasteiger partial charge in [0.15, 0.2) is 0 Å². The van der Waals surface area contributed by atoms with E-state index in [0.29, 0.717) is 0 Å². The van der Waals surface area contributed by atoms with Crippen LogP contribution in [0.1, 0.15) is 58.2 Å². The normalized spacial score (nSPS) is 12.4. The molecule has 0 saturated heterocycles. The van der Waals surface area contributed by atoms with Crippen molar-refractivity contribution < 1.29 is 5.11 Å². The van der Waals surface area contributed by atoms with Crippen LogP contribution in [0.3, 0.4) is 0 Å². The highest BCUT2D eigenvalue weighted by Gasteiger charge is 2.17. The number of aliphatic hydroxyl groups is 1. The zero-order valence-electron chi connectivity index (χ0n) is 16.9. The van der Waals surface area contributed by atoms with E-state index in [4.69, 9.17) is 0 Å². The SMILES string of the molecule is C=C(C)c1cc(CN(C)C/C=C/C#CC(C)(C)C)cc(C(C)(C)O)c1. The monoisotopic (exact) mass is 339 g/mol. The van der Waals surface area contributed by atoms with Crippen LogP contribution in [0.5, 0.6) is 0 Å². The molecule has 0 saturated carbocycles. The molecule has 0 aliphatic carbocycles. The Kier molecular flexibility index (Phi) is 7.23. The molecule has 0 aromatic heterocycles. The molecular formula is C23H33NO. The van der Waals surface area contributed by atoms with Crippen molar-refractivity contribution in [1.29, 1.82) is 0 Å². The molecule has 2 heteroatoms. The maximum atomic E-state index is 10.4. The third kappa shape index (κ3) is 8.20. The average Bonchev–Trinajstić information content (AvgIpc) is 2.44. The van der Waals surface area contributed by atoms with Crippen molar-refractivity contribution in [3.63, 3.8) is 0 Å². The van der Waals surface area contributed by atoms with E-state index >= 15 is 0 Å². The summed E-state index contributed by atoms with van der Waals surface area (Å²) in [6, 6.07) is 6.25. The van der Waals surface area contributed by atoms with E-state index in [2.05, 4.69) is 69.3 Å². The molecule has 1 rings (SSSR count). The largest absolute Gasteiger partial charge is 0.386 e. The molecule has 0 radical (unpaired) electrons. The number of hydrogen-bond donors (Lipinski definition) is 1. The second kappa shape index (κ2) is 8.52. The third-order valence-electron chi connectivity index (χ3n) is 3.71. The Morgan fingerprint density at radius 1 is 1.20 bits per heavy atom. The quantitative estimate of drug-likeness (QED) is 0.739. The van der Waals surface area contributed by atoms with Gasteiger partial charge in [-0.15, -0.1) is 0 Å². The Morgan fingerprint density at radius 3 is 2.36 bits per heavy atom. The van der Waals surface area contributed by atoms with Gasteiger partial charge < -0.3 is 5.11 Å². The molecular weight excluding hydrogens is 306 g/mol. The van der Waals surface area contributed by atoms with Gasteiger partial charge in [0.05, 0.1) is 5.60 Å². The molecule has 0 bridgehead atoms. The van der Waals surface area contributed by atoms with Crippen molar-refractivity contribution in [2.24, 2.45) is 5.41 Å². The Labute approximate surface area is 154 Å². The second-order valence-corrected chi connectivity index (χ2v) is 8.38. The van der Waals surface area contributed by atoms with Gasteiger partial charge in [-0.25, -0.2) is 0 Å². The van der Waals surface area contributed by atoms with Gasteiger partial charge in [-0.2, -0.15) is 0 Å². The fraction of sp³-hybridized carbons (Fsp3) is 0.478. The van der Waals surface area contributed by atoms with Gasteiger partial charge >= 0.3 is 0 Å². The summed E-state index contributed by atoms with van der Waals surface area (Å²) in [5, 5.41) is 10.4. The summed E-state index contributed by atoms with van der Waals surface area (Å²) in [7, 11) is 2.08. The van der Waals surface area contributed by atoms with Crippen molar-refractivity contribution >= 4 is 5.57 Å². The van der Waals surface area contributed by atoms with Gasteiger partial charge in [-0.1, -0.05) is 42.2 Å². The van der Waals surface area contributed by atoms with Crippen LogP contribution >= 0.6 is 0 Å². The number of rotatable bonds is 6. The van der Waals surface area contributed by atoms with Gasteiger partial charge in [-0.3, -0.25) is 4.90 Å². The van der Waals surface area contributed by atoms with E-state index in [-0.39, 0.29) is 5.41 Å². The van der Waals surface area contributed by atoms with Crippen molar-refractivity contribution in [1.82, 2.24) is 4.90 Å². The first-order valence-corrected chi connectivity index (χ1v) is 8.77. The molecule has 0 heterocycles. The first kappa shape index (κ1) is 21.2. The maximum absolute atomic E-state index is 10.4.